The molecular weight excluding hydrogens is 283 g/mol. The maximum Gasteiger partial charge on any atom is 0.254 e. The van der Waals surface area contributed by atoms with Crippen LogP contribution in [-0.2, 0) is 0 Å². The number of hydrogen-bond donors (Lipinski definition) is 1. The van der Waals surface area contributed by atoms with E-state index in [0.29, 0.717) is 10.6 Å². The van der Waals surface area contributed by atoms with Crippen molar-refractivity contribution in [1.82, 2.24) is 10.3 Å². The molecule has 0 saturated carbocycles. The van der Waals surface area contributed by atoms with E-state index in [4.69, 9.17) is 23.2 Å². The molecule has 0 aliphatic rings. The second-order valence-corrected chi connectivity index (χ2v) is 4.88. The number of rotatable bonds is 3. The van der Waals surface area contributed by atoms with E-state index in [-0.39, 0.29) is 17.1 Å². The van der Waals surface area contributed by atoms with Crippen molar-refractivity contribution in [2.75, 3.05) is 0 Å². The Morgan fingerprint density at radius 1 is 1.21 bits per heavy atom. The van der Waals surface area contributed by atoms with Crippen molar-refractivity contribution < 1.29 is 4.79 Å². The first-order chi connectivity index (χ1) is 9.08. The molecule has 0 aliphatic heterocycles. The molecule has 5 heteroatoms. The fraction of sp³-hybridized carbons (Fsp3) is 0.143. The highest BCUT2D eigenvalue weighted by molar-refractivity contribution is 6.32. The van der Waals surface area contributed by atoms with E-state index in [1.54, 1.807) is 30.5 Å². The summed E-state index contributed by atoms with van der Waals surface area (Å²) in [7, 11) is 0. The normalized spacial score (nSPS) is 11.9. The van der Waals surface area contributed by atoms with Gasteiger partial charge in [0.05, 0.1) is 11.6 Å². The van der Waals surface area contributed by atoms with Gasteiger partial charge in [-0.15, -0.1) is 0 Å². The highest BCUT2D eigenvalue weighted by atomic mass is 35.5. The lowest BCUT2D eigenvalue weighted by atomic mass is 10.1. The summed E-state index contributed by atoms with van der Waals surface area (Å²) in [6, 6.07) is 10.5. The van der Waals surface area contributed by atoms with E-state index in [2.05, 4.69) is 10.3 Å². The summed E-state index contributed by atoms with van der Waals surface area (Å²) in [5, 5.41) is 3.73. The van der Waals surface area contributed by atoms with Crippen LogP contribution in [0.4, 0.5) is 0 Å². The standard InChI is InChI=1S/C14H12Cl2N2O/c1-9(10-4-6-11(15)7-5-10)18-14(19)12-3-2-8-17-13(12)16/h2-9H,1H3,(H,18,19)/t9-/m1/s1. The second kappa shape index (κ2) is 6.04. The number of pyridine rings is 1. The average Bonchev–Trinajstić information content (AvgIpc) is 2.39. The van der Waals surface area contributed by atoms with Gasteiger partial charge < -0.3 is 5.32 Å². The number of halogens is 2. The van der Waals surface area contributed by atoms with E-state index in [0.717, 1.165) is 5.56 Å². The van der Waals surface area contributed by atoms with Gasteiger partial charge in [-0.25, -0.2) is 4.98 Å². The molecule has 0 saturated heterocycles. The van der Waals surface area contributed by atoms with Crippen LogP contribution < -0.4 is 5.32 Å². The summed E-state index contributed by atoms with van der Waals surface area (Å²) < 4.78 is 0. The van der Waals surface area contributed by atoms with Crippen LogP contribution in [0.1, 0.15) is 28.9 Å². The highest BCUT2D eigenvalue weighted by Crippen LogP contribution is 2.18. The van der Waals surface area contributed by atoms with Gasteiger partial charge in [-0.05, 0) is 36.8 Å². The molecule has 1 N–H and O–H groups in total. The van der Waals surface area contributed by atoms with Crippen LogP contribution in [-0.4, -0.2) is 10.9 Å². The van der Waals surface area contributed by atoms with Crippen molar-refractivity contribution in [3.8, 4) is 0 Å². The zero-order valence-corrected chi connectivity index (χ0v) is 11.7. The molecule has 2 rings (SSSR count). The molecule has 0 bridgehead atoms. The minimum atomic E-state index is -0.249. The predicted molar refractivity (Wildman–Crippen MR) is 76.6 cm³/mol. The Labute approximate surface area is 121 Å². The molecule has 1 heterocycles. The van der Waals surface area contributed by atoms with Gasteiger partial charge in [-0.1, -0.05) is 35.3 Å². The molecule has 1 atom stereocenters. The van der Waals surface area contributed by atoms with Crippen LogP contribution in [0.2, 0.25) is 10.2 Å². The maximum absolute atomic E-state index is 12.1. The molecule has 1 amide bonds. The Morgan fingerprint density at radius 3 is 2.53 bits per heavy atom. The smallest absolute Gasteiger partial charge is 0.254 e. The lowest BCUT2D eigenvalue weighted by Gasteiger charge is -2.14. The minimum Gasteiger partial charge on any atom is -0.345 e. The van der Waals surface area contributed by atoms with Gasteiger partial charge >= 0.3 is 0 Å². The van der Waals surface area contributed by atoms with Crippen molar-refractivity contribution in [2.24, 2.45) is 0 Å². The fourth-order valence-electron chi connectivity index (χ4n) is 1.66. The maximum atomic E-state index is 12.1. The molecule has 3 nitrogen and oxygen atoms in total. The van der Waals surface area contributed by atoms with E-state index in [1.807, 2.05) is 19.1 Å². The van der Waals surface area contributed by atoms with Crippen LogP contribution in [0.25, 0.3) is 0 Å². The summed E-state index contributed by atoms with van der Waals surface area (Å²) in [6.45, 7) is 1.89. The molecule has 19 heavy (non-hydrogen) atoms. The Hall–Kier alpha value is -1.58. The fourth-order valence-corrected chi connectivity index (χ4v) is 2.00. The van der Waals surface area contributed by atoms with Gasteiger partial charge in [0.2, 0.25) is 0 Å². The van der Waals surface area contributed by atoms with Crippen molar-refractivity contribution >= 4 is 29.1 Å². The lowest BCUT2D eigenvalue weighted by molar-refractivity contribution is 0.0939. The number of hydrogen-bond acceptors (Lipinski definition) is 2. The molecule has 0 unspecified atom stereocenters. The summed E-state index contributed by atoms with van der Waals surface area (Å²) in [6.07, 6.45) is 1.54. The third-order valence-electron chi connectivity index (χ3n) is 2.72. The van der Waals surface area contributed by atoms with Crippen molar-refractivity contribution in [3.63, 3.8) is 0 Å². The quantitative estimate of drug-likeness (QED) is 0.873. The third-order valence-corrected chi connectivity index (χ3v) is 3.27. The van der Waals surface area contributed by atoms with Crippen LogP contribution in [0.3, 0.4) is 0 Å². The zero-order valence-electron chi connectivity index (χ0n) is 10.2. The number of benzene rings is 1. The molecule has 0 radical (unpaired) electrons. The number of nitrogens with one attached hydrogen (secondary N) is 1. The van der Waals surface area contributed by atoms with Crippen LogP contribution >= 0.6 is 23.2 Å². The number of carbonyl (C=O) groups is 1. The molecule has 1 aromatic carbocycles. The van der Waals surface area contributed by atoms with Crippen LogP contribution in [0.15, 0.2) is 42.6 Å². The number of nitrogens with zero attached hydrogens (tertiary/aromatic N) is 1. The summed E-state index contributed by atoms with van der Waals surface area (Å²) in [5.74, 6) is -0.249. The predicted octanol–water partition coefficient (Wildman–Crippen LogP) is 3.88. The summed E-state index contributed by atoms with van der Waals surface area (Å²) >= 11 is 11.7. The molecule has 0 fully saturated rings. The van der Waals surface area contributed by atoms with Gasteiger partial charge in [0.15, 0.2) is 0 Å². The highest BCUT2D eigenvalue weighted by Gasteiger charge is 2.14. The Kier molecular flexibility index (Phi) is 4.40. The van der Waals surface area contributed by atoms with Crippen molar-refractivity contribution in [2.45, 2.75) is 13.0 Å². The largest absolute Gasteiger partial charge is 0.345 e. The van der Waals surface area contributed by atoms with Gasteiger partial charge in [0.1, 0.15) is 5.15 Å². The van der Waals surface area contributed by atoms with Crippen molar-refractivity contribution in [3.05, 3.63) is 63.9 Å². The average molecular weight is 295 g/mol. The zero-order chi connectivity index (χ0) is 13.8. The lowest BCUT2D eigenvalue weighted by Crippen LogP contribution is -2.27. The third kappa shape index (κ3) is 3.46. The molecule has 0 spiro atoms. The first-order valence-electron chi connectivity index (χ1n) is 5.75. The topological polar surface area (TPSA) is 42.0 Å². The SMILES string of the molecule is C[C@@H](NC(=O)c1cccnc1Cl)c1ccc(Cl)cc1. The Balaban J connectivity index is 2.11. The monoisotopic (exact) mass is 294 g/mol. The number of carbonyl (C=O) groups excluding carboxylic acids is 1. The van der Waals surface area contributed by atoms with E-state index in [9.17, 15) is 4.79 Å². The van der Waals surface area contributed by atoms with Gasteiger partial charge in [0, 0.05) is 11.2 Å². The Bertz CT molecular complexity index is 584. The molecule has 1 aromatic heterocycles. The van der Waals surface area contributed by atoms with Crippen LogP contribution in [0, 0.1) is 0 Å². The van der Waals surface area contributed by atoms with Crippen LogP contribution in [0.5, 0.6) is 0 Å². The molecule has 0 aliphatic carbocycles. The van der Waals surface area contributed by atoms with Gasteiger partial charge in [-0.2, -0.15) is 0 Å². The van der Waals surface area contributed by atoms with Gasteiger partial charge in [0.25, 0.3) is 5.91 Å². The molecular formula is C14H12Cl2N2O. The molecule has 2 aromatic rings. The first-order valence-corrected chi connectivity index (χ1v) is 6.50. The minimum absolute atomic E-state index is 0.138. The second-order valence-electron chi connectivity index (χ2n) is 4.09. The van der Waals surface area contributed by atoms with Crippen molar-refractivity contribution in [1.29, 1.82) is 0 Å². The van der Waals surface area contributed by atoms with E-state index in [1.165, 1.54) is 0 Å². The summed E-state index contributed by atoms with van der Waals surface area (Å²) in [5.41, 5.74) is 1.34. The number of aromatic nitrogens is 1. The van der Waals surface area contributed by atoms with Gasteiger partial charge in [-0.3, -0.25) is 4.79 Å². The van der Waals surface area contributed by atoms with E-state index < -0.39 is 0 Å². The molecule has 98 valence electrons. The Morgan fingerprint density at radius 2 is 1.89 bits per heavy atom. The first kappa shape index (κ1) is 13.8. The number of amides is 1. The van der Waals surface area contributed by atoms with E-state index >= 15 is 0 Å². The summed E-state index contributed by atoms with van der Waals surface area (Å²) in [4.78, 5) is 15.9.